The van der Waals surface area contributed by atoms with Gasteiger partial charge in [0.15, 0.2) is 0 Å². The van der Waals surface area contributed by atoms with Crippen LogP contribution in [0.15, 0.2) is 48.5 Å². The molecule has 1 fully saturated rings. The molecule has 0 amide bonds. The molecular formula is C26H32. The maximum Gasteiger partial charge on any atom is 0.0245 e. The molecule has 1 aliphatic carbocycles. The minimum absolute atomic E-state index is 0.570. The van der Waals surface area contributed by atoms with E-state index in [4.69, 9.17) is 0 Å². The van der Waals surface area contributed by atoms with Crippen LogP contribution in [0, 0.1) is 17.8 Å². The largest absolute Gasteiger partial charge is 0.0945 e. The van der Waals surface area contributed by atoms with Crippen LogP contribution in [-0.2, 0) is 12.8 Å². The lowest BCUT2D eigenvalue weighted by Crippen LogP contribution is -2.12. The van der Waals surface area contributed by atoms with Gasteiger partial charge in [0, 0.05) is 11.5 Å². The van der Waals surface area contributed by atoms with Crippen molar-refractivity contribution in [2.75, 3.05) is 0 Å². The Morgan fingerprint density at radius 1 is 0.731 bits per heavy atom. The van der Waals surface area contributed by atoms with Gasteiger partial charge in [-0.2, -0.15) is 0 Å². The van der Waals surface area contributed by atoms with Crippen molar-refractivity contribution in [2.24, 2.45) is 5.92 Å². The second kappa shape index (κ2) is 9.63. The molecule has 0 aliphatic heterocycles. The Kier molecular flexibility index (Phi) is 6.96. The van der Waals surface area contributed by atoms with E-state index in [2.05, 4.69) is 74.2 Å². The lowest BCUT2D eigenvalue weighted by Gasteiger charge is -2.26. The molecule has 0 heteroatoms. The van der Waals surface area contributed by atoms with Crippen LogP contribution in [0.5, 0.6) is 0 Å². The predicted octanol–water partition coefficient (Wildman–Crippen LogP) is 6.92. The number of aryl methyl sites for hydroxylation is 2. The third-order valence-corrected chi connectivity index (χ3v) is 5.63. The first-order chi connectivity index (χ1) is 12.8. The van der Waals surface area contributed by atoms with Gasteiger partial charge >= 0.3 is 0 Å². The Balaban J connectivity index is 1.52. The Morgan fingerprint density at radius 3 is 1.81 bits per heavy atom. The average molecular weight is 345 g/mol. The first-order valence-electron chi connectivity index (χ1n) is 10.5. The van der Waals surface area contributed by atoms with Crippen LogP contribution in [0.3, 0.4) is 0 Å². The maximum absolute atomic E-state index is 3.54. The molecular weight excluding hydrogens is 312 g/mol. The Labute approximate surface area is 160 Å². The van der Waals surface area contributed by atoms with Gasteiger partial charge in [-0.15, -0.1) is 0 Å². The molecule has 0 unspecified atom stereocenters. The molecule has 3 rings (SSSR count). The van der Waals surface area contributed by atoms with Crippen molar-refractivity contribution in [3.8, 4) is 11.8 Å². The van der Waals surface area contributed by atoms with E-state index in [1.165, 1.54) is 67.2 Å². The Bertz CT molecular complexity index is 716. The maximum atomic E-state index is 3.54. The van der Waals surface area contributed by atoms with Gasteiger partial charge in [0.2, 0.25) is 0 Å². The van der Waals surface area contributed by atoms with Crippen molar-refractivity contribution in [1.29, 1.82) is 0 Å². The summed E-state index contributed by atoms with van der Waals surface area (Å²) in [7, 11) is 0. The lowest BCUT2D eigenvalue weighted by atomic mass is 9.78. The van der Waals surface area contributed by atoms with Crippen LogP contribution in [-0.4, -0.2) is 0 Å². The first kappa shape index (κ1) is 18.8. The monoisotopic (exact) mass is 344 g/mol. The van der Waals surface area contributed by atoms with Gasteiger partial charge in [-0.3, -0.25) is 0 Å². The molecule has 0 N–H and O–H groups in total. The van der Waals surface area contributed by atoms with E-state index in [-0.39, 0.29) is 0 Å². The first-order valence-corrected chi connectivity index (χ1v) is 10.5. The number of rotatable bonds is 5. The highest BCUT2D eigenvalue weighted by Gasteiger charge is 2.21. The highest BCUT2D eigenvalue weighted by atomic mass is 14.2. The van der Waals surface area contributed by atoms with Gasteiger partial charge in [-0.05, 0) is 73.3 Å². The summed E-state index contributed by atoms with van der Waals surface area (Å²) in [6.45, 7) is 4.47. The van der Waals surface area contributed by atoms with Crippen LogP contribution >= 0.6 is 0 Å². The topological polar surface area (TPSA) is 0 Å². The predicted molar refractivity (Wildman–Crippen MR) is 112 cm³/mol. The summed E-state index contributed by atoms with van der Waals surface area (Å²) in [5.41, 5.74) is 5.59. The van der Waals surface area contributed by atoms with Crippen molar-refractivity contribution in [3.63, 3.8) is 0 Å². The summed E-state index contributed by atoms with van der Waals surface area (Å²) < 4.78 is 0. The van der Waals surface area contributed by atoms with E-state index in [1.807, 2.05) is 0 Å². The van der Waals surface area contributed by atoms with Gasteiger partial charge in [-0.1, -0.05) is 74.9 Å². The van der Waals surface area contributed by atoms with E-state index < -0.39 is 0 Å². The second-order valence-corrected chi connectivity index (χ2v) is 7.76. The fourth-order valence-corrected chi connectivity index (χ4v) is 4.05. The molecule has 1 aliphatic rings. The van der Waals surface area contributed by atoms with Crippen LogP contribution in [0.1, 0.15) is 80.5 Å². The van der Waals surface area contributed by atoms with E-state index in [1.54, 1.807) is 0 Å². The number of hydrogen-bond acceptors (Lipinski definition) is 0. The number of benzene rings is 2. The molecule has 2 aromatic carbocycles. The molecule has 0 radical (unpaired) electrons. The third kappa shape index (κ3) is 5.25. The molecule has 0 nitrogen and oxygen atoms in total. The van der Waals surface area contributed by atoms with Gasteiger partial charge < -0.3 is 0 Å². The highest BCUT2D eigenvalue weighted by molar-refractivity contribution is 5.37. The molecule has 0 spiro atoms. The number of hydrogen-bond donors (Lipinski definition) is 0. The highest BCUT2D eigenvalue weighted by Crippen LogP contribution is 2.35. The standard InChI is InChI=1S/C26H32/c1-3-5-21-7-9-23(10-8-21)11-12-24-15-19-26(20-16-24)25-17-13-22(6-4-2)14-18-25/h7-10,13-14,17-18,24,26H,3-6,15-16,19-20H2,1-2H3. The third-order valence-electron chi connectivity index (χ3n) is 5.63. The van der Waals surface area contributed by atoms with E-state index >= 15 is 0 Å². The zero-order chi connectivity index (χ0) is 18.2. The molecule has 136 valence electrons. The van der Waals surface area contributed by atoms with E-state index in [0.717, 1.165) is 12.3 Å². The van der Waals surface area contributed by atoms with Gasteiger partial charge in [0.1, 0.15) is 0 Å². The molecule has 2 aromatic rings. The molecule has 0 atom stereocenters. The molecule has 1 saturated carbocycles. The summed E-state index contributed by atoms with van der Waals surface area (Å²) >= 11 is 0. The Morgan fingerprint density at radius 2 is 1.27 bits per heavy atom. The van der Waals surface area contributed by atoms with Crippen molar-refractivity contribution in [2.45, 2.75) is 71.1 Å². The molecule has 0 aromatic heterocycles. The summed E-state index contributed by atoms with van der Waals surface area (Å²) in [5, 5.41) is 0. The van der Waals surface area contributed by atoms with Crippen molar-refractivity contribution in [1.82, 2.24) is 0 Å². The Hall–Kier alpha value is -2.00. The van der Waals surface area contributed by atoms with Crippen LogP contribution in [0.25, 0.3) is 0 Å². The van der Waals surface area contributed by atoms with E-state index in [0.29, 0.717) is 5.92 Å². The minimum Gasteiger partial charge on any atom is -0.0945 e. The molecule has 0 saturated heterocycles. The quantitative estimate of drug-likeness (QED) is 0.517. The summed E-state index contributed by atoms with van der Waals surface area (Å²) in [5.74, 6) is 8.25. The van der Waals surface area contributed by atoms with Crippen LogP contribution in [0.2, 0.25) is 0 Å². The van der Waals surface area contributed by atoms with Gasteiger partial charge in [0.05, 0.1) is 0 Å². The van der Waals surface area contributed by atoms with Crippen molar-refractivity contribution < 1.29 is 0 Å². The van der Waals surface area contributed by atoms with Crippen LogP contribution < -0.4 is 0 Å². The second-order valence-electron chi connectivity index (χ2n) is 7.76. The zero-order valence-electron chi connectivity index (χ0n) is 16.4. The van der Waals surface area contributed by atoms with E-state index in [9.17, 15) is 0 Å². The summed E-state index contributed by atoms with van der Waals surface area (Å²) in [6.07, 6.45) is 9.83. The minimum atomic E-state index is 0.570. The average Bonchev–Trinajstić information content (AvgIpc) is 2.69. The van der Waals surface area contributed by atoms with Crippen molar-refractivity contribution >= 4 is 0 Å². The zero-order valence-corrected chi connectivity index (χ0v) is 16.4. The van der Waals surface area contributed by atoms with Gasteiger partial charge in [0.25, 0.3) is 0 Å². The SMILES string of the molecule is CCCc1ccc(C#CC2CCC(c3ccc(CCC)cc3)CC2)cc1. The van der Waals surface area contributed by atoms with Crippen LogP contribution in [0.4, 0.5) is 0 Å². The molecule has 0 bridgehead atoms. The van der Waals surface area contributed by atoms with Crippen molar-refractivity contribution in [3.05, 3.63) is 70.8 Å². The lowest BCUT2D eigenvalue weighted by molar-refractivity contribution is 0.384. The fraction of sp³-hybridized carbons (Fsp3) is 0.462. The molecule has 0 heterocycles. The van der Waals surface area contributed by atoms with Gasteiger partial charge in [-0.25, -0.2) is 0 Å². The smallest absolute Gasteiger partial charge is 0.0245 e. The fourth-order valence-electron chi connectivity index (χ4n) is 4.05. The molecule has 26 heavy (non-hydrogen) atoms. The summed E-state index contributed by atoms with van der Waals surface area (Å²) in [6, 6.07) is 18.2. The normalized spacial score (nSPS) is 19.6. The summed E-state index contributed by atoms with van der Waals surface area (Å²) in [4.78, 5) is 0.